The van der Waals surface area contributed by atoms with Gasteiger partial charge in [0.1, 0.15) is 5.69 Å². The molecule has 0 saturated heterocycles. The molecule has 2 rings (SSSR count). The number of pyridine rings is 1. The monoisotopic (exact) mass is 363 g/mol. The fourth-order valence-electron chi connectivity index (χ4n) is 1.91. The van der Waals surface area contributed by atoms with Crippen molar-refractivity contribution in [1.29, 1.82) is 0 Å². The molecule has 1 amide bonds. The zero-order valence-corrected chi connectivity index (χ0v) is 14.1. The topological polar surface area (TPSA) is 63.2 Å². The number of anilines is 2. The van der Waals surface area contributed by atoms with Gasteiger partial charge in [-0.05, 0) is 42.8 Å². The molecule has 0 spiro atoms. The van der Waals surface area contributed by atoms with Gasteiger partial charge in [0.05, 0.1) is 6.61 Å². The predicted molar refractivity (Wildman–Crippen MR) is 90.6 cm³/mol. The Kier molecular flexibility index (Phi) is 5.91. The number of hydrogen-bond donors (Lipinski definition) is 2. The third kappa shape index (κ3) is 4.54. The first-order valence-corrected chi connectivity index (χ1v) is 7.66. The average molecular weight is 364 g/mol. The molecule has 0 atom stereocenters. The van der Waals surface area contributed by atoms with Gasteiger partial charge < -0.3 is 15.4 Å². The lowest BCUT2D eigenvalue weighted by Crippen LogP contribution is -2.27. The van der Waals surface area contributed by atoms with Crippen LogP contribution in [0.1, 0.15) is 16.1 Å². The number of methoxy groups -OCH3 is 1. The minimum Gasteiger partial charge on any atom is -0.383 e. The van der Waals surface area contributed by atoms with E-state index in [-0.39, 0.29) is 5.91 Å². The summed E-state index contributed by atoms with van der Waals surface area (Å²) in [5.41, 5.74) is 3.28. The number of aromatic nitrogens is 1. The summed E-state index contributed by atoms with van der Waals surface area (Å²) in [5.74, 6) is -0.215. The Morgan fingerprint density at radius 3 is 2.86 bits per heavy atom. The van der Waals surface area contributed by atoms with E-state index in [0.29, 0.717) is 18.8 Å². The Balaban J connectivity index is 2.09. The molecule has 2 N–H and O–H groups in total. The SMILES string of the molecule is COCCNC(=O)c1cc(Nc2ccc(Br)cc2C)ccn1. The van der Waals surface area contributed by atoms with Crippen LogP contribution in [0.5, 0.6) is 0 Å². The molecule has 1 aromatic heterocycles. The molecule has 1 heterocycles. The normalized spacial score (nSPS) is 10.3. The van der Waals surface area contributed by atoms with Crippen LogP contribution in [0.4, 0.5) is 11.4 Å². The van der Waals surface area contributed by atoms with Crippen LogP contribution in [-0.2, 0) is 4.74 Å². The van der Waals surface area contributed by atoms with E-state index in [1.54, 1.807) is 19.4 Å². The maximum Gasteiger partial charge on any atom is 0.270 e. The number of nitrogens with zero attached hydrogens (tertiary/aromatic N) is 1. The molecule has 0 bridgehead atoms. The number of amides is 1. The first-order valence-electron chi connectivity index (χ1n) is 6.86. The molecular weight excluding hydrogens is 346 g/mol. The number of rotatable bonds is 6. The summed E-state index contributed by atoms with van der Waals surface area (Å²) in [5, 5.41) is 6.05. The van der Waals surface area contributed by atoms with Crippen molar-refractivity contribution in [3.8, 4) is 0 Å². The summed E-state index contributed by atoms with van der Waals surface area (Å²) in [7, 11) is 1.59. The molecule has 1 aromatic carbocycles. The van der Waals surface area contributed by atoms with Crippen LogP contribution in [0.2, 0.25) is 0 Å². The van der Waals surface area contributed by atoms with Crippen LogP contribution in [0, 0.1) is 6.92 Å². The Morgan fingerprint density at radius 2 is 2.14 bits per heavy atom. The first-order chi connectivity index (χ1) is 10.6. The number of ether oxygens (including phenoxy) is 1. The quantitative estimate of drug-likeness (QED) is 0.773. The smallest absolute Gasteiger partial charge is 0.270 e. The zero-order chi connectivity index (χ0) is 15.9. The summed E-state index contributed by atoms with van der Waals surface area (Å²) >= 11 is 3.44. The molecule has 22 heavy (non-hydrogen) atoms. The Bertz CT molecular complexity index is 662. The molecule has 0 unspecified atom stereocenters. The lowest BCUT2D eigenvalue weighted by molar-refractivity contribution is 0.0932. The molecule has 0 saturated carbocycles. The van der Waals surface area contributed by atoms with Crippen molar-refractivity contribution in [3.05, 3.63) is 52.3 Å². The van der Waals surface area contributed by atoms with Gasteiger partial charge in [0, 0.05) is 35.7 Å². The molecule has 0 aliphatic rings. The van der Waals surface area contributed by atoms with E-state index < -0.39 is 0 Å². The Morgan fingerprint density at radius 1 is 1.32 bits per heavy atom. The standard InChI is InChI=1S/C16H18BrN3O2/c1-11-9-12(17)3-4-14(11)20-13-5-6-18-15(10-13)16(21)19-7-8-22-2/h3-6,9-10H,7-8H2,1-2H3,(H,18,20)(H,19,21). The molecule has 116 valence electrons. The summed E-state index contributed by atoms with van der Waals surface area (Å²) in [6.07, 6.45) is 1.61. The number of carbonyl (C=O) groups is 1. The largest absolute Gasteiger partial charge is 0.383 e. The van der Waals surface area contributed by atoms with Crippen molar-refractivity contribution in [2.75, 3.05) is 25.6 Å². The summed E-state index contributed by atoms with van der Waals surface area (Å²) < 4.78 is 5.93. The minimum atomic E-state index is -0.215. The number of halogens is 1. The van der Waals surface area contributed by atoms with Gasteiger partial charge in [-0.25, -0.2) is 0 Å². The van der Waals surface area contributed by atoms with Gasteiger partial charge in [-0.1, -0.05) is 15.9 Å². The van der Waals surface area contributed by atoms with E-state index in [4.69, 9.17) is 4.74 Å². The fraction of sp³-hybridized carbons (Fsp3) is 0.250. The van der Waals surface area contributed by atoms with Crippen molar-refractivity contribution in [2.45, 2.75) is 6.92 Å². The molecule has 0 fully saturated rings. The Hall–Kier alpha value is -1.92. The fourth-order valence-corrected chi connectivity index (χ4v) is 2.39. The molecule has 6 heteroatoms. The van der Waals surface area contributed by atoms with Crippen molar-refractivity contribution < 1.29 is 9.53 Å². The van der Waals surface area contributed by atoms with Gasteiger partial charge in [0.25, 0.3) is 5.91 Å². The van der Waals surface area contributed by atoms with Crippen molar-refractivity contribution in [2.24, 2.45) is 0 Å². The van der Waals surface area contributed by atoms with Crippen LogP contribution < -0.4 is 10.6 Å². The van der Waals surface area contributed by atoms with Crippen LogP contribution in [-0.4, -0.2) is 31.2 Å². The number of benzene rings is 1. The van der Waals surface area contributed by atoms with Crippen LogP contribution in [0.3, 0.4) is 0 Å². The van der Waals surface area contributed by atoms with Crippen molar-refractivity contribution >= 4 is 33.2 Å². The summed E-state index contributed by atoms with van der Waals surface area (Å²) in [4.78, 5) is 16.1. The highest BCUT2D eigenvalue weighted by Gasteiger charge is 2.08. The molecule has 2 aromatic rings. The number of nitrogens with one attached hydrogen (secondary N) is 2. The number of hydrogen-bond acceptors (Lipinski definition) is 4. The molecule has 0 aliphatic carbocycles. The number of aryl methyl sites for hydroxylation is 1. The third-order valence-electron chi connectivity index (χ3n) is 3.05. The maximum atomic E-state index is 12.0. The van der Waals surface area contributed by atoms with E-state index in [9.17, 15) is 4.79 Å². The summed E-state index contributed by atoms with van der Waals surface area (Å²) in [6.45, 7) is 2.95. The molecule has 0 radical (unpaired) electrons. The lowest BCUT2D eigenvalue weighted by atomic mass is 10.2. The average Bonchev–Trinajstić information content (AvgIpc) is 2.50. The van der Waals surface area contributed by atoms with Gasteiger partial charge in [-0.3, -0.25) is 9.78 Å². The minimum absolute atomic E-state index is 0.215. The first kappa shape index (κ1) is 16.5. The van der Waals surface area contributed by atoms with Gasteiger partial charge in [-0.15, -0.1) is 0 Å². The second kappa shape index (κ2) is 7.91. The van der Waals surface area contributed by atoms with Crippen molar-refractivity contribution in [3.63, 3.8) is 0 Å². The lowest BCUT2D eigenvalue weighted by Gasteiger charge is -2.11. The maximum absolute atomic E-state index is 12.0. The van der Waals surface area contributed by atoms with E-state index in [1.165, 1.54) is 0 Å². The highest BCUT2D eigenvalue weighted by atomic mass is 79.9. The third-order valence-corrected chi connectivity index (χ3v) is 3.55. The zero-order valence-electron chi connectivity index (χ0n) is 12.5. The van der Waals surface area contributed by atoms with E-state index >= 15 is 0 Å². The number of carbonyl (C=O) groups excluding carboxylic acids is 1. The summed E-state index contributed by atoms with van der Waals surface area (Å²) in [6, 6.07) is 9.53. The second-order valence-corrected chi connectivity index (χ2v) is 5.68. The van der Waals surface area contributed by atoms with E-state index in [1.807, 2.05) is 31.2 Å². The highest BCUT2D eigenvalue weighted by molar-refractivity contribution is 9.10. The van der Waals surface area contributed by atoms with Crippen LogP contribution in [0.25, 0.3) is 0 Å². The molecule has 0 aliphatic heterocycles. The highest BCUT2D eigenvalue weighted by Crippen LogP contribution is 2.23. The second-order valence-electron chi connectivity index (χ2n) is 4.76. The molecule has 5 nitrogen and oxygen atoms in total. The Labute approximate surface area is 138 Å². The van der Waals surface area contributed by atoms with E-state index in [0.717, 1.165) is 21.4 Å². The van der Waals surface area contributed by atoms with Gasteiger partial charge in [-0.2, -0.15) is 0 Å². The van der Waals surface area contributed by atoms with Gasteiger partial charge in [0.2, 0.25) is 0 Å². The molecular formula is C16H18BrN3O2. The van der Waals surface area contributed by atoms with Gasteiger partial charge >= 0.3 is 0 Å². The van der Waals surface area contributed by atoms with Crippen LogP contribution in [0.15, 0.2) is 41.0 Å². The van der Waals surface area contributed by atoms with E-state index in [2.05, 4.69) is 31.5 Å². The predicted octanol–water partition coefficient (Wildman–Crippen LogP) is 3.27. The van der Waals surface area contributed by atoms with Gasteiger partial charge in [0.15, 0.2) is 0 Å². The van der Waals surface area contributed by atoms with Crippen molar-refractivity contribution in [1.82, 2.24) is 10.3 Å². The van der Waals surface area contributed by atoms with Crippen LogP contribution >= 0.6 is 15.9 Å².